The summed E-state index contributed by atoms with van der Waals surface area (Å²) in [5.74, 6) is 0.237. The van der Waals surface area contributed by atoms with Gasteiger partial charge < -0.3 is 14.4 Å². The van der Waals surface area contributed by atoms with Crippen LogP contribution in [0.4, 0.5) is 28.4 Å². The lowest BCUT2D eigenvalue weighted by Gasteiger charge is -2.51. The fourth-order valence-corrected chi connectivity index (χ4v) is 12.6. The molecule has 9 aromatic rings. The van der Waals surface area contributed by atoms with Crippen molar-refractivity contribution < 1.29 is 0 Å². The second kappa shape index (κ2) is 15.1. The van der Waals surface area contributed by atoms with Crippen LogP contribution in [0.2, 0.25) is 5.82 Å². The fourth-order valence-electron chi connectivity index (χ4n) is 12.6. The molecule has 12 rings (SSSR count). The van der Waals surface area contributed by atoms with Gasteiger partial charge in [0.15, 0.2) is 0 Å². The van der Waals surface area contributed by atoms with Crippen LogP contribution in [0.1, 0.15) is 110 Å². The Kier molecular flexibility index (Phi) is 9.53. The standard InChI is InChI=1S/C65H64BN3/c1-62(2,3)43-29-27-41(28-30-43)42-19-17-22-47(37-42)69-57-26-18-25-56-59(57)66(61-60(69)49-23-15-16-24-52(49)65(61,10)11)53-34-33-48(40-58(53)67(56)46-20-13-12-14-21-46)68-54-35-31-44(63(4,5)6)38-50(54)51-39-45(64(7,8)9)32-36-55(51)68/h12-40,60-61H,1-11H3. The monoisotopic (exact) mass is 898 g/mol. The summed E-state index contributed by atoms with van der Waals surface area (Å²) in [6, 6.07) is 68.0. The van der Waals surface area contributed by atoms with Crippen LogP contribution in [0.5, 0.6) is 0 Å². The normalized spacial score (nSPS) is 17.2. The molecule has 3 heterocycles. The van der Waals surface area contributed by atoms with Crippen molar-refractivity contribution in [3.63, 3.8) is 0 Å². The zero-order chi connectivity index (χ0) is 47.9. The van der Waals surface area contributed by atoms with Crippen LogP contribution in [0.3, 0.4) is 0 Å². The van der Waals surface area contributed by atoms with E-state index in [1.807, 2.05) is 0 Å². The van der Waals surface area contributed by atoms with Crippen molar-refractivity contribution in [3.05, 3.63) is 204 Å². The predicted octanol–water partition coefficient (Wildman–Crippen LogP) is 16.3. The number of nitrogens with zero attached hydrogens (tertiary/aromatic N) is 3. The molecule has 0 bridgehead atoms. The summed E-state index contributed by atoms with van der Waals surface area (Å²) in [6.45, 7) is 26.0. The molecule has 0 saturated heterocycles. The van der Waals surface area contributed by atoms with Crippen LogP contribution in [0, 0.1) is 0 Å². The minimum atomic E-state index is -0.136. The molecule has 3 aliphatic rings. The minimum Gasteiger partial charge on any atom is -0.335 e. The van der Waals surface area contributed by atoms with Gasteiger partial charge in [-0.3, -0.25) is 0 Å². The third-order valence-electron chi connectivity index (χ3n) is 16.2. The molecule has 0 saturated carbocycles. The Morgan fingerprint density at radius 1 is 0.449 bits per heavy atom. The van der Waals surface area contributed by atoms with Crippen LogP contribution in [0.15, 0.2) is 176 Å². The zero-order valence-corrected chi connectivity index (χ0v) is 42.3. The van der Waals surface area contributed by atoms with E-state index >= 15 is 0 Å². The third-order valence-corrected chi connectivity index (χ3v) is 16.2. The molecular formula is C65H64BN3. The van der Waals surface area contributed by atoms with Gasteiger partial charge in [0.25, 0.3) is 0 Å². The molecule has 2 aliphatic heterocycles. The number of rotatable bonds is 4. The van der Waals surface area contributed by atoms with Crippen LogP contribution < -0.4 is 20.7 Å². The molecule has 0 radical (unpaired) electrons. The van der Waals surface area contributed by atoms with Gasteiger partial charge in [0.05, 0.1) is 17.1 Å². The lowest BCUT2D eigenvalue weighted by Crippen LogP contribution is -2.61. The molecule has 2 unspecified atom stereocenters. The van der Waals surface area contributed by atoms with Crippen LogP contribution in [-0.4, -0.2) is 11.3 Å². The summed E-state index contributed by atoms with van der Waals surface area (Å²) < 4.78 is 2.53. The first-order chi connectivity index (χ1) is 32.9. The fraction of sp³-hybridized carbons (Fsp3) is 0.262. The zero-order valence-electron chi connectivity index (χ0n) is 42.3. The molecule has 342 valence electrons. The summed E-state index contributed by atoms with van der Waals surface area (Å²) in [6.07, 6.45) is 0. The summed E-state index contributed by atoms with van der Waals surface area (Å²) in [4.78, 5) is 5.29. The van der Waals surface area contributed by atoms with E-state index in [2.05, 4.69) is 266 Å². The summed E-state index contributed by atoms with van der Waals surface area (Å²) >= 11 is 0. The molecule has 8 aromatic carbocycles. The number of fused-ring (bicyclic) bond motifs is 9. The predicted molar refractivity (Wildman–Crippen MR) is 297 cm³/mol. The molecule has 1 aromatic heterocycles. The lowest BCUT2D eigenvalue weighted by molar-refractivity contribution is 0.468. The first-order valence-electron chi connectivity index (χ1n) is 25.2. The Hall–Kier alpha value is -6.78. The smallest absolute Gasteiger partial charge is 0.223 e. The highest BCUT2D eigenvalue weighted by Crippen LogP contribution is 2.62. The Morgan fingerprint density at radius 2 is 1.03 bits per heavy atom. The number of para-hydroxylation sites is 1. The van der Waals surface area contributed by atoms with E-state index in [1.165, 1.54) is 100 Å². The van der Waals surface area contributed by atoms with Gasteiger partial charge in [-0.1, -0.05) is 179 Å². The van der Waals surface area contributed by atoms with E-state index in [1.54, 1.807) is 0 Å². The highest BCUT2D eigenvalue weighted by molar-refractivity contribution is 6.91. The average molecular weight is 898 g/mol. The summed E-state index contributed by atoms with van der Waals surface area (Å²) in [5.41, 5.74) is 22.1. The van der Waals surface area contributed by atoms with Gasteiger partial charge in [-0.05, 0) is 150 Å². The number of hydrogen-bond acceptors (Lipinski definition) is 2. The molecule has 0 N–H and O–H groups in total. The van der Waals surface area contributed by atoms with Crippen molar-refractivity contribution in [1.29, 1.82) is 0 Å². The van der Waals surface area contributed by atoms with Crippen LogP contribution in [-0.2, 0) is 21.7 Å². The largest absolute Gasteiger partial charge is 0.335 e. The molecule has 0 amide bonds. The molecular weight excluding hydrogens is 834 g/mol. The molecule has 4 heteroatoms. The highest BCUT2D eigenvalue weighted by Gasteiger charge is 2.59. The maximum absolute atomic E-state index is 2.72. The molecule has 69 heavy (non-hydrogen) atoms. The van der Waals surface area contributed by atoms with Gasteiger partial charge in [-0.25, -0.2) is 0 Å². The minimum absolute atomic E-state index is 0.0286. The first-order valence-corrected chi connectivity index (χ1v) is 25.2. The molecule has 3 nitrogen and oxygen atoms in total. The van der Waals surface area contributed by atoms with Crippen molar-refractivity contribution in [2.45, 2.75) is 110 Å². The third kappa shape index (κ3) is 6.69. The molecule has 0 spiro atoms. The van der Waals surface area contributed by atoms with Gasteiger partial charge in [0, 0.05) is 44.9 Å². The Bertz CT molecular complexity index is 3430. The topological polar surface area (TPSA) is 11.4 Å². The van der Waals surface area contributed by atoms with Gasteiger partial charge >= 0.3 is 0 Å². The summed E-state index contributed by atoms with van der Waals surface area (Å²) in [5, 5.41) is 2.62. The number of aromatic nitrogens is 1. The summed E-state index contributed by atoms with van der Waals surface area (Å²) in [7, 11) is 0. The molecule has 0 fully saturated rings. The number of anilines is 5. The average Bonchev–Trinajstić information content (AvgIpc) is 3.78. The highest BCUT2D eigenvalue weighted by atomic mass is 15.2. The molecule has 2 atom stereocenters. The second-order valence-electron chi connectivity index (χ2n) is 23.9. The Morgan fingerprint density at radius 3 is 1.68 bits per heavy atom. The Labute approximate surface area is 410 Å². The van der Waals surface area contributed by atoms with E-state index in [4.69, 9.17) is 0 Å². The van der Waals surface area contributed by atoms with E-state index in [0.717, 1.165) is 5.69 Å². The quantitative estimate of drug-likeness (QED) is 0.163. The van der Waals surface area contributed by atoms with Gasteiger partial charge in [-0.2, -0.15) is 0 Å². The van der Waals surface area contributed by atoms with Crippen LogP contribution in [0.25, 0.3) is 38.6 Å². The van der Waals surface area contributed by atoms with Gasteiger partial charge in [0.2, 0.25) is 6.71 Å². The van der Waals surface area contributed by atoms with Crippen molar-refractivity contribution >= 4 is 67.9 Å². The maximum atomic E-state index is 2.72. The van der Waals surface area contributed by atoms with E-state index in [-0.39, 0.29) is 40.2 Å². The van der Waals surface area contributed by atoms with E-state index in [9.17, 15) is 0 Å². The van der Waals surface area contributed by atoms with Gasteiger partial charge in [0.1, 0.15) is 0 Å². The van der Waals surface area contributed by atoms with Crippen molar-refractivity contribution in [2.24, 2.45) is 0 Å². The Balaban J connectivity index is 1.10. The van der Waals surface area contributed by atoms with Crippen molar-refractivity contribution in [2.75, 3.05) is 9.80 Å². The van der Waals surface area contributed by atoms with Crippen molar-refractivity contribution in [1.82, 2.24) is 4.57 Å². The van der Waals surface area contributed by atoms with E-state index in [0.29, 0.717) is 0 Å². The van der Waals surface area contributed by atoms with Crippen molar-refractivity contribution in [3.8, 4) is 16.8 Å². The maximum Gasteiger partial charge on any atom is 0.223 e. The van der Waals surface area contributed by atoms with Crippen LogP contribution >= 0.6 is 0 Å². The first kappa shape index (κ1) is 43.5. The van der Waals surface area contributed by atoms with E-state index < -0.39 is 0 Å². The molecule has 1 aliphatic carbocycles. The number of hydrogen-bond donors (Lipinski definition) is 0. The number of benzene rings is 8. The SMILES string of the molecule is CC(C)(C)c1ccc(-c2cccc(N3c4cccc5c4B(c4ccc(-n6c7ccc(C(C)(C)C)cc7c7cc(C(C)(C)C)ccc76)cc4N5c4ccccc4)C4C3c3ccccc3C4(C)C)c2)cc1. The van der Waals surface area contributed by atoms with Gasteiger partial charge in [-0.15, -0.1) is 0 Å². The second-order valence-corrected chi connectivity index (χ2v) is 23.9. The lowest BCUT2D eigenvalue weighted by atomic mass is 9.26.